The number of benzene rings is 1. The predicted octanol–water partition coefficient (Wildman–Crippen LogP) is 3.81. The number of nitrogens with zero attached hydrogens (tertiary/aromatic N) is 2. The van der Waals surface area contributed by atoms with Crippen molar-refractivity contribution in [1.82, 2.24) is 20.5 Å². The fraction of sp³-hybridized carbons (Fsp3) is 0.526. The third-order valence-corrected chi connectivity index (χ3v) is 6.02. The van der Waals surface area contributed by atoms with E-state index in [1.54, 1.807) is 0 Å². The lowest BCUT2D eigenvalue weighted by Crippen LogP contribution is -2.44. The second-order valence-corrected chi connectivity index (χ2v) is 8.01. The molecule has 2 N–H and O–H groups in total. The first-order valence-electron chi connectivity index (χ1n) is 8.94. The van der Waals surface area contributed by atoms with E-state index in [2.05, 4.69) is 41.3 Å². The molecule has 1 fully saturated rings. The molecule has 6 heteroatoms. The fourth-order valence-corrected chi connectivity index (χ4v) is 3.93. The van der Waals surface area contributed by atoms with Gasteiger partial charge in [0, 0.05) is 11.6 Å². The Morgan fingerprint density at radius 3 is 2.80 bits per heavy atom. The number of hydrogen-bond donors (Lipinski definition) is 2. The van der Waals surface area contributed by atoms with Crippen LogP contribution in [0.5, 0.6) is 0 Å². The molecule has 0 spiro atoms. The van der Waals surface area contributed by atoms with Gasteiger partial charge in [-0.1, -0.05) is 68.3 Å². The van der Waals surface area contributed by atoms with Crippen LogP contribution in [-0.2, 0) is 4.79 Å². The molecular formula is C19H26N4OS. The van der Waals surface area contributed by atoms with E-state index < -0.39 is 0 Å². The molecule has 3 rings (SSSR count). The quantitative estimate of drug-likeness (QED) is 0.797. The van der Waals surface area contributed by atoms with E-state index in [1.165, 1.54) is 30.2 Å². The highest BCUT2D eigenvalue weighted by Gasteiger charge is 2.28. The third-order valence-electron chi connectivity index (χ3n) is 5.18. The number of rotatable bonds is 5. The second-order valence-electron chi connectivity index (χ2n) is 7.06. The van der Waals surface area contributed by atoms with Crippen LogP contribution >= 0.6 is 11.8 Å². The molecule has 0 aliphatic heterocycles. The molecule has 1 heterocycles. The first-order chi connectivity index (χ1) is 12.0. The van der Waals surface area contributed by atoms with Crippen LogP contribution in [0.3, 0.4) is 0 Å². The summed E-state index contributed by atoms with van der Waals surface area (Å²) in [7, 11) is 0. The number of aryl methyl sites for hydroxylation is 1. The molecule has 134 valence electrons. The summed E-state index contributed by atoms with van der Waals surface area (Å²) in [5, 5.41) is 10.9. The zero-order valence-corrected chi connectivity index (χ0v) is 15.9. The monoisotopic (exact) mass is 358 g/mol. The molecule has 1 aromatic carbocycles. The topological polar surface area (TPSA) is 70.7 Å². The van der Waals surface area contributed by atoms with Crippen LogP contribution in [-0.4, -0.2) is 32.9 Å². The largest absolute Gasteiger partial charge is 0.352 e. The zero-order chi connectivity index (χ0) is 17.8. The van der Waals surface area contributed by atoms with Gasteiger partial charge in [-0.25, -0.2) is 4.98 Å². The summed E-state index contributed by atoms with van der Waals surface area (Å²) >= 11 is 1.37. The number of hydrogen-bond acceptors (Lipinski definition) is 4. The lowest BCUT2D eigenvalue weighted by Gasteiger charge is -2.34. The van der Waals surface area contributed by atoms with Crippen LogP contribution in [0, 0.1) is 18.8 Å². The first-order valence-corrected chi connectivity index (χ1v) is 9.93. The van der Waals surface area contributed by atoms with Gasteiger partial charge in [-0.15, -0.1) is 5.10 Å². The van der Waals surface area contributed by atoms with Crippen molar-refractivity contribution >= 4 is 17.7 Å². The smallest absolute Gasteiger partial charge is 0.230 e. The maximum Gasteiger partial charge on any atom is 0.230 e. The van der Waals surface area contributed by atoms with Crippen molar-refractivity contribution in [3.63, 3.8) is 0 Å². The van der Waals surface area contributed by atoms with Crippen molar-refractivity contribution < 1.29 is 4.79 Å². The number of amides is 1. The normalized spacial score (nSPS) is 23.4. The number of aromatic nitrogens is 3. The van der Waals surface area contributed by atoms with Crippen molar-refractivity contribution in [3.05, 3.63) is 29.8 Å². The predicted molar refractivity (Wildman–Crippen MR) is 101 cm³/mol. The Kier molecular flexibility index (Phi) is 5.78. The van der Waals surface area contributed by atoms with E-state index in [-0.39, 0.29) is 5.91 Å². The minimum absolute atomic E-state index is 0.0673. The molecule has 25 heavy (non-hydrogen) atoms. The van der Waals surface area contributed by atoms with Crippen LogP contribution in [0.2, 0.25) is 0 Å². The summed E-state index contributed by atoms with van der Waals surface area (Å²) in [4.78, 5) is 16.7. The van der Waals surface area contributed by atoms with Gasteiger partial charge >= 0.3 is 0 Å². The summed E-state index contributed by atoms with van der Waals surface area (Å²) in [5.41, 5.74) is 2.21. The molecule has 5 nitrogen and oxygen atoms in total. The Labute approximate surface area is 153 Å². The molecule has 0 bridgehead atoms. The highest BCUT2D eigenvalue weighted by atomic mass is 32.2. The Balaban J connectivity index is 1.52. The van der Waals surface area contributed by atoms with Gasteiger partial charge in [0.2, 0.25) is 11.1 Å². The average molecular weight is 359 g/mol. The number of carbonyl (C=O) groups excluding carboxylic acids is 1. The molecule has 2 aromatic rings. The molecular weight excluding hydrogens is 332 g/mol. The maximum atomic E-state index is 12.3. The highest BCUT2D eigenvalue weighted by Crippen LogP contribution is 2.29. The molecule has 1 saturated carbocycles. The molecule has 1 aliphatic rings. The van der Waals surface area contributed by atoms with Crippen molar-refractivity contribution in [2.24, 2.45) is 11.8 Å². The molecule has 1 aliphatic carbocycles. The van der Waals surface area contributed by atoms with Gasteiger partial charge < -0.3 is 5.32 Å². The van der Waals surface area contributed by atoms with Gasteiger partial charge in [-0.05, 0) is 25.2 Å². The van der Waals surface area contributed by atoms with E-state index in [0.717, 1.165) is 17.8 Å². The minimum Gasteiger partial charge on any atom is -0.352 e. The number of carbonyl (C=O) groups is 1. The molecule has 0 radical (unpaired) electrons. The summed E-state index contributed by atoms with van der Waals surface area (Å²) in [5.74, 6) is 2.37. The Morgan fingerprint density at radius 2 is 2.04 bits per heavy atom. The molecule has 3 unspecified atom stereocenters. The SMILES string of the molecule is Cc1ccc(-c2nc(SCC(=O)NC3CCCC(C)C3C)n[nH]2)cc1. The van der Waals surface area contributed by atoms with Gasteiger partial charge in [-0.3, -0.25) is 9.89 Å². The fourth-order valence-electron chi connectivity index (χ4n) is 3.32. The number of aromatic amines is 1. The van der Waals surface area contributed by atoms with Crippen LogP contribution < -0.4 is 5.32 Å². The van der Waals surface area contributed by atoms with Gasteiger partial charge in [-0.2, -0.15) is 0 Å². The van der Waals surface area contributed by atoms with Crippen LogP contribution in [0.4, 0.5) is 0 Å². The molecule has 3 atom stereocenters. The van der Waals surface area contributed by atoms with Crippen molar-refractivity contribution in [2.75, 3.05) is 5.75 Å². The van der Waals surface area contributed by atoms with E-state index in [1.807, 2.05) is 24.3 Å². The van der Waals surface area contributed by atoms with Crippen molar-refractivity contribution in [3.8, 4) is 11.4 Å². The molecule has 0 saturated heterocycles. The Morgan fingerprint density at radius 1 is 1.28 bits per heavy atom. The van der Waals surface area contributed by atoms with Gasteiger partial charge in [0.05, 0.1) is 5.75 Å². The number of nitrogens with one attached hydrogen (secondary N) is 2. The first kappa shape index (κ1) is 18.0. The van der Waals surface area contributed by atoms with Crippen LogP contribution in [0.1, 0.15) is 38.7 Å². The maximum absolute atomic E-state index is 12.3. The lowest BCUT2D eigenvalue weighted by molar-refractivity contribution is -0.120. The van der Waals surface area contributed by atoms with Crippen molar-refractivity contribution in [1.29, 1.82) is 0 Å². The standard InChI is InChI=1S/C19H26N4OS/c1-12-7-9-15(10-8-12)18-21-19(23-22-18)25-11-17(24)20-16-6-4-5-13(2)14(16)3/h7-10,13-14,16H,4-6,11H2,1-3H3,(H,20,24)(H,21,22,23). The minimum atomic E-state index is 0.0673. The summed E-state index contributed by atoms with van der Waals surface area (Å²) < 4.78 is 0. The summed E-state index contributed by atoms with van der Waals surface area (Å²) in [6.45, 7) is 6.57. The Hall–Kier alpha value is -1.82. The second kappa shape index (κ2) is 8.04. The van der Waals surface area contributed by atoms with Crippen LogP contribution in [0.25, 0.3) is 11.4 Å². The van der Waals surface area contributed by atoms with Crippen LogP contribution in [0.15, 0.2) is 29.4 Å². The molecule has 1 aromatic heterocycles. The Bertz CT molecular complexity index is 712. The van der Waals surface area contributed by atoms with E-state index >= 15 is 0 Å². The number of H-pyrrole nitrogens is 1. The van der Waals surface area contributed by atoms with Gasteiger partial charge in [0.15, 0.2) is 5.82 Å². The zero-order valence-electron chi connectivity index (χ0n) is 15.1. The summed E-state index contributed by atoms with van der Waals surface area (Å²) in [6, 6.07) is 8.42. The van der Waals surface area contributed by atoms with Gasteiger partial charge in [0.25, 0.3) is 0 Å². The lowest BCUT2D eigenvalue weighted by atomic mass is 9.78. The van der Waals surface area contributed by atoms with E-state index in [9.17, 15) is 4.79 Å². The van der Waals surface area contributed by atoms with E-state index in [0.29, 0.717) is 28.8 Å². The van der Waals surface area contributed by atoms with E-state index in [4.69, 9.17) is 0 Å². The van der Waals surface area contributed by atoms with Crippen molar-refractivity contribution in [2.45, 2.75) is 51.2 Å². The third kappa shape index (κ3) is 4.63. The summed E-state index contributed by atoms with van der Waals surface area (Å²) in [6.07, 6.45) is 3.55. The average Bonchev–Trinajstić information content (AvgIpc) is 3.07. The number of thioether (sulfide) groups is 1. The molecule has 1 amide bonds. The van der Waals surface area contributed by atoms with Gasteiger partial charge in [0.1, 0.15) is 0 Å². The highest BCUT2D eigenvalue weighted by molar-refractivity contribution is 7.99.